The lowest BCUT2D eigenvalue weighted by molar-refractivity contribution is -0.107. The second kappa shape index (κ2) is 10.5. The molecule has 0 radical (unpaired) electrons. The molecule has 0 unspecified atom stereocenters. The molecular formula is C29H30N6O3S. The van der Waals surface area contributed by atoms with Crippen LogP contribution in [0.25, 0.3) is 11.1 Å². The number of anilines is 3. The zero-order valence-electron chi connectivity index (χ0n) is 22.4. The van der Waals surface area contributed by atoms with Crippen LogP contribution in [0.15, 0.2) is 47.9 Å². The number of nitrogens with zero attached hydrogens (tertiary/aromatic N) is 5. The number of amides is 1. The van der Waals surface area contributed by atoms with E-state index < -0.39 is 0 Å². The van der Waals surface area contributed by atoms with Crippen LogP contribution in [0, 0.1) is 12.3 Å². The minimum Gasteiger partial charge on any atom is -0.336 e. The van der Waals surface area contributed by atoms with E-state index in [-0.39, 0.29) is 16.5 Å². The Kier molecular flexibility index (Phi) is 7.14. The van der Waals surface area contributed by atoms with Crippen molar-refractivity contribution in [1.29, 1.82) is 0 Å². The zero-order chi connectivity index (χ0) is 27.7. The summed E-state index contributed by atoms with van der Waals surface area (Å²) in [5.41, 5.74) is 4.48. The van der Waals surface area contributed by atoms with Crippen LogP contribution in [0.5, 0.6) is 0 Å². The smallest absolute Gasteiger partial charge is 0.274 e. The van der Waals surface area contributed by atoms with E-state index in [1.807, 2.05) is 11.3 Å². The monoisotopic (exact) mass is 542 g/mol. The number of thiophene rings is 1. The average molecular weight is 543 g/mol. The standard InChI is InChI=1S/C29H30N6O3S/c1-18-20(22-12-29(2,3)13-25(22)39-18)7-10-35(17-37)27-23(15-36)21(5-9-31-27)19-11-24(28(38)34(4)14-19)33-26-6-8-30-16-32-26/h5-6,8-9,11,14-17H,7,10,12-13H2,1-4H3,(H,30,32,33). The van der Waals surface area contributed by atoms with Crippen molar-refractivity contribution >= 4 is 41.4 Å². The van der Waals surface area contributed by atoms with Gasteiger partial charge in [-0.05, 0) is 66.5 Å². The van der Waals surface area contributed by atoms with Crippen LogP contribution in [0.2, 0.25) is 0 Å². The first-order chi connectivity index (χ1) is 18.7. The van der Waals surface area contributed by atoms with Crippen molar-refractivity contribution < 1.29 is 9.59 Å². The molecule has 4 heterocycles. The molecule has 0 saturated carbocycles. The summed E-state index contributed by atoms with van der Waals surface area (Å²) in [6, 6.07) is 5.03. The quantitative estimate of drug-likeness (QED) is 0.310. The molecule has 4 aromatic heterocycles. The van der Waals surface area contributed by atoms with Gasteiger partial charge in [-0.15, -0.1) is 11.3 Å². The summed E-state index contributed by atoms with van der Waals surface area (Å²) < 4.78 is 1.44. The average Bonchev–Trinajstić information content (AvgIpc) is 3.36. The third kappa shape index (κ3) is 5.24. The Morgan fingerprint density at radius 3 is 2.72 bits per heavy atom. The van der Waals surface area contributed by atoms with E-state index in [9.17, 15) is 14.4 Å². The van der Waals surface area contributed by atoms with Crippen molar-refractivity contribution in [3.63, 3.8) is 0 Å². The van der Waals surface area contributed by atoms with Gasteiger partial charge in [0.2, 0.25) is 6.41 Å². The predicted molar refractivity (Wildman–Crippen MR) is 153 cm³/mol. The van der Waals surface area contributed by atoms with E-state index in [1.165, 1.54) is 36.7 Å². The van der Waals surface area contributed by atoms with Gasteiger partial charge in [0, 0.05) is 47.5 Å². The zero-order valence-corrected chi connectivity index (χ0v) is 23.2. The molecule has 0 saturated heterocycles. The molecule has 10 heteroatoms. The number of fused-ring (bicyclic) bond motifs is 1. The molecule has 0 fully saturated rings. The number of aldehydes is 1. The molecule has 1 N–H and O–H groups in total. The first kappa shape index (κ1) is 26.4. The number of carbonyl (C=O) groups excluding carboxylic acids is 2. The summed E-state index contributed by atoms with van der Waals surface area (Å²) in [4.78, 5) is 54.1. The Morgan fingerprint density at radius 1 is 1.18 bits per heavy atom. The third-order valence-electron chi connectivity index (χ3n) is 7.12. The van der Waals surface area contributed by atoms with Crippen LogP contribution in [-0.4, -0.2) is 38.8 Å². The van der Waals surface area contributed by atoms with Gasteiger partial charge in [-0.25, -0.2) is 15.0 Å². The molecular weight excluding hydrogens is 512 g/mol. The first-order valence-corrected chi connectivity index (χ1v) is 13.5. The number of hydrogen-bond acceptors (Lipinski definition) is 8. The lowest BCUT2D eigenvalue weighted by Gasteiger charge is -2.21. The maximum absolute atomic E-state index is 12.8. The molecule has 5 rings (SSSR count). The first-order valence-electron chi connectivity index (χ1n) is 12.7. The summed E-state index contributed by atoms with van der Waals surface area (Å²) >= 11 is 1.85. The van der Waals surface area contributed by atoms with Crippen molar-refractivity contribution in [2.24, 2.45) is 12.5 Å². The largest absolute Gasteiger partial charge is 0.336 e. The number of nitrogens with one attached hydrogen (secondary N) is 1. The Labute approximate surface area is 230 Å². The maximum Gasteiger partial charge on any atom is 0.274 e. The fourth-order valence-electron chi connectivity index (χ4n) is 5.29. The van der Waals surface area contributed by atoms with Crippen molar-refractivity contribution in [1.82, 2.24) is 19.5 Å². The SMILES string of the molecule is Cc1sc2c(c1CCN(C=O)c1nccc(-c3cc(Nc4ccncn4)c(=O)n(C)c3)c1C=O)CC(C)(C)C2. The van der Waals surface area contributed by atoms with Crippen LogP contribution < -0.4 is 15.8 Å². The summed E-state index contributed by atoms with van der Waals surface area (Å²) in [6.07, 6.45) is 10.4. The molecule has 0 aliphatic heterocycles. The Hall–Kier alpha value is -4.18. The highest BCUT2D eigenvalue weighted by molar-refractivity contribution is 7.12. The summed E-state index contributed by atoms with van der Waals surface area (Å²) in [7, 11) is 1.64. The number of hydrogen-bond donors (Lipinski definition) is 1. The van der Waals surface area contributed by atoms with Crippen LogP contribution >= 0.6 is 11.3 Å². The van der Waals surface area contributed by atoms with Crippen LogP contribution in [0.4, 0.5) is 17.3 Å². The van der Waals surface area contributed by atoms with E-state index in [0.29, 0.717) is 47.7 Å². The molecule has 0 atom stereocenters. The van der Waals surface area contributed by atoms with Gasteiger partial charge < -0.3 is 9.88 Å². The van der Waals surface area contributed by atoms with Crippen molar-refractivity contribution in [2.45, 2.75) is 40.0 Å². The molecule has 0 aromatic carbocycles. The molecule has 1 amide bonds. The molecule has 9 nitrogen and oxygen atoms in total. The molecule has 39 heavy (non-hydrogen) atoms. The number of aromatic nitrogens is 4. The van der Waals surface area contributed by atoms with Crippen LogP contribution in [0.3, 0.4) is 0 Å². The number of carbonyl (C=O) groups is 2. The number of pyridine rings is 2. The van der Waals surface area contributed by atoms with Gasteiger partial charge in [-0.1, -0.05) is 13.8 Å². The molecule has 0 spiro atoms. The highest BCUT2D eigenvalue weighted by Crippen LogP contribution is 2.43. The number of rotatable bonds is 9. The predicted octanol–water partition coefficient (Wildman–Crippen LogP) is 4.49. The van der Waals surface area contributed by atoms with Gasteiger partial charge in [0.25, 0.3) is 5.56 Å². The summed E-state index contributed by atoms with van der Waals surface area (Å²) in [5.74, 6) is 0.762. The molecule has 1 aliphatic rings. The lowest BCUT2D eigenvalue weighted by atomic mass is 9.89. The van der Waals surface area contributed by atoms with E-state index in [0.717, 1.165) is 19.3 Å². The minimum atomic E-state index is -0.254. The van der Waals surface area contributed by atoms with Crippen molar-refractivity contribution in [2.75, 3.05) is 16.8 Å². The van der Waals surface area contributed by atoms with Gasteiger partial charge in [-0.3, -0.25) is 19.3 Å². The van der Waals surface area contributed by atoms with Crippen LogP contribution in [-0.2, 0) is 31.1 Å². The second-order valence-electron chi connectivity index (χ2n) is 10.6. The van der Waals surface area contributed by atoms with Gasteiger partial charge in [0.15, 0.2) is 6.29 Å². The molecule has 200 valence electrons. The van der Waals surface area contributed by atoms with Gasteiger partial charge in [0.1, 0.15) is 23.7 Å². The number of aryl methyl sites for hydroxylation is 2. The van der Waals surface area contributed by atoms with E-state index in [2.05, 4.69) is 41.0 Å². The molecule has 4 aromatic rings. The van der Waals surface area contributed by atoms with E-state index in [1.54, 1.807) is 43.8 Å². The maximum atomic E-state index is 12.8. The molecule has 0 bridgehead atoms. The van der Waals surface area contributed by atoms with Crippen molar-refractivity contribution in [3.05, 3.63) is 79.9 Å². The minimum absolute atomic E-state index is 0.254. The van der Waals surface area contributed by atoms with E-state index in [4.69, 9.17) is 0 Å². The van der Waals surface area contributed by atoms with Crippen molar-refractivity contribution in [3.8, 4) is 11.1 Å². The van der Waals surface area contributed by atoms with Gasteiger partial charge in [0.05, 0.1) is 5.56 Å². The third-order valence-corrected chi connectivity index (χ3v) is 8.31. The highest BCUT2D eigenvalue weighted by Gasteiger charge is 2.33. The van der Waals surface area contributed by atoms with Gasteiger partial charge >= 0.3 is 0 Å². The topological polar surface area (TPSA) is 110 Å². The Bertz CT molecular complexity index is 1610. The van der Waals surface area contributed by atoms with Gasteiger partial charge in [-0.2, -0.15) is 0 Å². The normalized spacial score (nSPS) is 13.6. The fraction of sp³-hybridized carbons (Fsp3) is 0.310. The molecule has 1 aliphatic carbocycles. The summed E-state index contributed by atoms with van der Waals surface area (Å²) in [5, 5.41) is 3.02. The second-order valence-corrected chi connectivity index (χ2v) is 11.9. The lowest BCUT2D eigenvalue weighted by Crippen LogP contribution is -2.27. The Morgan fingerprint density at radius 2 is 2.00 bits per heavy atom. The highest BCUT2D eigenvalue weighted by atomic mass is 32.1. The van der Waals surface area contributed by atoms with Crippen LogP contribution in [0.1, 0.15) is 45.1 Å². The summed E-state index contributed by atoms with van der Waals surface area (Å²) in [6.45, 7) is 7.12. The van der Waals surface area contributed by atoms with E-state index >= 15 is 0 Å². The fourth-order valence-corrected chi connectivity index (χ4v) is 6.79. The Balaban J connectivity index is 1.47.